The highest BCUT2D eigenvalue weighted by molar-refractivity contribution is 7.89. The standard InChI is InChI=1S/C13H19NO3S/c1-10(2)11-3-5-13(6-4-11)18(15,16)14-12-7-8-17-9-12/h3-6,10,12,14H,7-9H2,1-2H3. The molecule has 2 rings (SSSR count). The highest BCUT2D eigenvalue weighted by Gasteiger charge is 2.23. The maximum atomic E-state index is 12.1. The zero-order valence-corrected chi connectivity index (χ0v) is 11.5. The van der Waals surface area contributed by atoms with Gasteiger partial charge in [-0.25, -0.2) is 13.1 Å². The number of rotatable bonds is 4. The molecule has 0 aromatic heterocycles. The lowest BCUT2D eigenvalue weighted by atomic mass is 10.0. The molecule has 1 aliphatic rings. The Morgan fingerprint density at radius 3 is 2.44 bits per heavy atom. The third-order valence-corrected chi connectivity index (χ3v) is 4.64. The Labute approximate surface area is 108 Å². The topological polar surface area (TPSA) is 55.4 Å². The molecule has 1 fully saturated rings. The van der Waals surface area contributed by atoms with E-state index in [2.05, 4.69) is 18.6 Å². The third kappa shape index (κ3) is 3.10. The van der Waals surface area contributed by atoms with E-state index < -0.39 is 10.0 Å². The van der Waals surface area contributed by atoms with Gasteiger partial charge >= 0.3 is 0 Å². The summed E-state index contributed by atoms with van der Waals surface area (Å²) in [7, 11) is -3.42. The van der Waals surface area contributed by atoms with Crippen LogP contribution in [-0.2, 0) is 14.8 Å². The maximum Gasteiger partial charge on any atom is 0.240 e. The lowest BCUT2D eigenvalue weighted by Crippen LogP contribution is -2.34. The van der Waals surface area contributed by atoms with E-state index in [-0.39, 0.29) is 6.04 Å². The smallest absolute Gasteiger partial charge is 0.240 e. The molecule has 1 aromatic carbocycles. The quantitative estimate of drug-likeness (QED) is 0.908. The van der Waals surface area contributed by atoms with E-state index in [0.717, 1.165) is 12.0 Å². The molecule has 1 heterocycles. The van der Waals surface area contributed by atoms with Gasteiger partial charge in [-0.15, -0.1) is 0 Å². The first-order chi connectivity index (χ1) is 8.49. The lowest BCUT2D eigenvalue weighted by Gasteiger charge is -2.12. The van der Waals surface area contributed by atoms with E-state index in [0.29, 0.717) is 24.0 Å². The van der Waals surface area contributed by atoms with Gasteiger partial charge in [-0.3, -0.25) is 0 Å². The molecule has 1 aromatic rings. The van der Waals surface area contributed by atoms with Crippen molar-refractivity contribution in [2.45, 2.75) is 37.1 Å². The van der Waals surface area contributed by atoms with Crippen molar-refractivity contribution < 1.29 is 13.2 Å². The molecule has 1 atom stereocenters. The highest BCUT2D eigenvalue weighted by Crippen LogP contribution is 2.18. The van der Waals surface area contributed by atoms with Crippen molar-refractivity contribution in [2.24, 2.45) is 0 Å². The SMILES string of the molecule is CC(C)c1ccc(S(=O)(=O)NC2CCOC2)cc1. The van der Waals surface area contributed by atoms with E-state index in [1.807, 2.05) is 12.1 Å². The normalized spacial score (nSPS) is 20.5. The first-order valence-electron chi connectivity index (χ1n) is 6.19. The molecule has 100 valence electrons. The van der Waals surface area contributed by atoms with Crippen molar-refractivity contribution in [1.29, 1.82) is 0 Å². The minimum atomic E-state index is -3.42. The molecule has 0 radical (unpaired) electrons. The van der Waals surface area contributed by atoms with Crippen molar-refractivity contribution >= 4 is 10.0 Å². The van der Waals surface area contributed by atoms with E-state index in [1.54, 1.807) is 12.1 Å². The van der Waals surface area contributed by atoms with E-state index in [1.165, 1.54) is 0 Å². The van der Waals surface area contributed by atoms with Crippen LogP contribution in [-0.4, -0.2) is 27.7 Å². The van der Waals surface area contributed by atoms with Crippen LogP contribution < -0.4 is 4.72 Å². The minimum Gasteiger partial charge on any atom is -0.380 e. The number of hydrogen-bond donors (Lipinski definition) is 1. The zero-order chi connectivity index (χ0) is 13.2. The predicted octanol–water partition coefficient (Wildman–Crippen LogP) is 1.88. The van der Waals surface area contributed by atoms with Gasteiger partial charge < -0.3 is 4.74 Å². The van der Waals surface area contributed by atoms with Gasteiger partial charge in [0, 0.05) is 12.6 Å². The summed E-state index contributed by atoms with van der Waals surface area (Å²) in [6.07, 6.45) is 0.739. The molecular weight excluding hydrogens is 250 g/mol. The Bertz CT molecular complexity index is 487. The second-order valence-corrected chi connectivity index (χ2v) is 6.62. The van der Waals surface area contributed by atoms with Crippen molar-refractivity contribution in [3.8, 4) is 0 Å². The van der Waals surface area contributed by atoms with Gasteiger partial charge in [-0.1, -0.05) is 26.0 Å². The second kappa shape index (κ2) is 5.38. The van der Waals surface area contributed by atoms with Gasteiger partial charge in [0.25, 0.3) is 0 Å². The monoisotopic (exact) mass is 269 g/mol. The van der Waals surface area contributed by atoms with Gasteiger partial charge in [0.1, 0.15) is 0 Å². The molecule has 5 heteroatoms. The highest BCUT2D eigenvalue weighted by atomic mass is 32.2. The molecule has 0 amide bonds. The number of hydrogen-bond acceptors (Lipinski definition) is 3. The summed E-state index contributed by atoms with van der Waals surface area (Å²) in [5.41, 5.74) is 1.14. The summed E-state index contributed by atoms with van der Waals surface area (Å²) in [6, 6.07) is 6.95. The average molecular weight is 269 g/mol. The van der Waals surface area contributed by atoms with Crippen molar-refractivity contribution in [3.05, 3.63) is 29.8 Å². The lowest BCUT2D eigenvalue weighted by molar-refractivity contribution is 0.192. The van der Waals surface area contributed by atoms with Crippen LogP contribution in [0.1, 0.15) is 31.7 Å². The molecule has 1 aliphatic heterocycles. The van der Waals surface area contributed by atoms with Gasteiger partial charge in [-0.05, 0) is 30.0 Å². The van der Waals surface area contributed by atoms with Crippen LogP contribution >= 0.6 is 0 Å². The summed E-state index contributed by atoms with van der Waals surface area (Å²) in [5.74, 6) is 0.401. The molecular formula is C13H19NO3S. The van der Waals surface area contributed by atoms with Gasteiger partial charge in [-0.2, -0.15) is 0 Å². The first-order valence-corrected chi connectivity index (χ1v) is 7.67. The van der Waals surface area contributed by atoms with Crippen LogP contribution in [0.4, 0.5) is 0 Å². The van der Waals surface area contributed by atoms with Crippen LogP contribution in [0.25, 0.3) is 0 Å². The fourth-order valence-corrected chi connectivity index (χ4v) is 3.20. The first kappa shape index (κ1) is 13.5. The van der Waals surface area contributed by atoms with Crippen molar-refractivity contribution in [3.63, 3.8) is 0 Å². The zero-order valence-electron chi connectivity index (χ0n) is 10.7. The molecule has 1 N–H and O–H groups in total. The Morgan fingerprint density at radius 1 is 1.28 bits per heavy atom. The number of benzene rings is 1. The maximum absolute atomic E-state index is 12.1. The van der Waals surface area contributed by atoms with E-state index in [4.69, 9.17) is 4.74 Å². The average Bonchev–Trinajstić information content (AvgIpc) is 2.81. The number of ether oxygens (including phenoxy) is 1. The van der Waals surface area contributed by atoms with Gasteiger partial charge in [0.2, 0.25) is 10.0 Å². The molecule has 0 bridgehead atoms. The third-order valence-electron chi connectivity index (χ3n) is 3.11. The molecule has 18 heavy (non-hydrogen) atoms. The number of sulfonamides is 1. The van der Waals surface area contributed by atoms with Crippen LogP contribution in [0, 0.1) is 0 Å². The molecule has 1 saturated heterocycles. The summed E-state index contributed by atoms with van der Waals surface area (Å²) in [4.78, 5) is 0.318. The van der Waals surface area contributed by atoms with Crippen molar-refractivity contribution in [2.75, 3.05) is 13.2 Å². The summed E-state index contributed by atoms with van der Waals surface area (Å²) < 4.78 is 32.0. The van der Waals surface area contributed by atoms with Gasteiger partial charge in [0.15, 0.2) is 0 Å². The summed E-state index contributed by atoms with van der Waals surface area (Å²) >= 11 is 0. The molecule has 0 spiro atoms. The Morgan fingerprint density at radius 2 is 1.94 bits per heavy atom. The fraction of sp³-hybridized carbons (Fsp3) is 0.538. The molecule has 0 aliphatic carbocycles. The largest absolute Gasteiger partial charge is 0.380 e. The number of nitrogens with one attached hydrogen (secondary N) is 1. The van der Waals surface area contributed by atoms with Crippen LogP contribution in [0.5, 0.6) is 0 Å². The predicted molar refractivity (Wildman–Crippen MR) is 70.1 cm³/mol. The van der Waals surface area contributed by atoms with Crippen LogP contribution in [0.3, 0.4) is 0 Å². The van der Waals surface area contributed by atoms with Crippen molar-refractivity contribution in [1.82, 2.24) is 4.72 Å². The molecule has 0 saturated carbocycles. The molecule has 4 nitrogen and oxygen atoms in total. The Hall–Kier alpha value is -0.910. The van der Waals surface area contributed by atoms with Crippen LogP contribution in [0.2, 0.25) is 0 Å². The summed E-state index contributed by atoms with van der Waals surface area (Å²) in [6.45, 7) is 5.25. The second-order valence-electron chi connectivity index (χ2n) is 4.91. The Kier molecular flexibility index (Phi) is 4.04. The summed E-state index contributed by atoms with van der Waals surface area (Å²) in [5, 5.41) is 0. The Balaban J connectivity index is 2.13. The molecule has 1 unspecified atom stereocenters. The minimum absolute atomic E-state index is 0.0974. The van der Waals surface area contributed by atoms with E-state index >= 15 is 0 Å². The fourth-order valence-electron chi connectivity index (χ4n) is 1.95. The van der Waals surface area contributed by atoms with E-state index in [9.17, 15) is 8.42 Å². The van der Waals surface area contributed by atoms with Crippen LogP contribution in [0.15, 0.2) is 29.2 Å². The van der Waals surface area contributed by atoms with Gasteiger partial charge in [0.05, 0.1) is 11.5 Å².